The fourth-order valence-electron chi connectivity index (χ4n) is 0.604. The zero-order chi connectivity index (χ0) is 17.9. The summed E-state index contributed by atoms with van der Waals surface area (Å²) < 4.78 is 9.12. The molecule has 7 heteroatoms. The molecule has 0 aliphatic rings. The van der Waals surface area contributed by atoms with Crippen molar-refractivity contribution in [2.45, 2.75) is 53.4 Å². The Bertz CT molecular complexity index is 149. The van der Waals surface area contributed by atoms with Gasteiger partial charge in [-0.05, 0) is 39.9 Å². The van der Waals surface area contributed by atoms with Crippen LogP contribution in [0.2, 0.25) is 0 Å². The van der Waals surface area contributed by atoms with Crippen molar-refractivity contribution in [3.8, 4) is 0 Å². The Morgan fingerprint density at radius 3 is 1.09 bits per heavy atom. The van der Waals surface area contributed by atoms with Crippen LogP contribution >= 0.6 is 0 Å². The summed E-state index contributed by atoms with van der Waals surface area (Å²) >= 11 is 0. The van der Waals surface area contributed by atoms with Gasteiger partial charge in [0.25, 0.3) is 0 Å². The van der Waals surface area contributed by atoms with Crippen molar-refractivity contribution in [2.75, 3.05) is 39.6 Å². The fraction of sp³-hybridized carbons (Fsp3) is 0.875. The summed E-state index contributed by atoms with van der Waals surface area (Å²) in [4.78, 5) is 18.6. The van der Waals surface area contributed by atoms with Gasteiger partial charge in [0.1, 0.15) is 0 Å². The molecule has 0 aromatic rings. The molecule has 0 rings (SSSR count). The maximum Gasteiger partial charge on any atom is 2.00 e. The fourth-order valence-corrected chi connectivity index (χ4v) is 0.604. The molecule has 0 saturated heterocycles. The molecule has 138 valence electrons. The molecule has 23 heavy (non-hydrogen) atoms. The van der Waals surface area contributed by atoms with Gasteiger partial charge in [0.2, 0.25) is 0 Å². The molecular formula is C16H34O6Ti. The normalized spacial score (nSPS) is 7.91. The molecule has 6 nitrogen and oxygen atoms in total. The minimum absolute atomic E-state index is 0. The van der Waals surface area contributed by atoms with E-state index in [2.05, 4.69) is 23.3 Å². The molecular weight excluding hydrogens is 336 g/mol. The van der Waals surface area contributed by atoms with Gasteiger partial charge in [-0.15, -0.1) is 0 Å². The van der Waals surface area contributed by atoms with Crippen LogP contribution in [-0.4, -0.2) is 62.4 Å². The Kier molecular flexibility index (Phi) is 73.8. The molecule has 2 N–H and O–H groups in total. The summed E-state index contributed by atoms with van der Waals surface area (Å²) in [5.41, 5.74) is 0. The van der Waals surface area contributed by atoms with Crippen LogP contribution in [0, 0.1) is 0 Å². The zero-order valence-electron chi connectivity index (χ0n) is 15.1. The van der Waals surface area contributed by atoms with E-state index in [0.29, 0.717) is 26.4 Å². The first-order valence-electron chi connectivity index (χ1n) is 7.73. The number of hydrogen-bond acceptors (Lipinski definition) is 6. The van der Waals surface area contributed by atoms with Crippen molar-refractivity contribution in [1.29, 1.82) is 0 Å². The van der Waals surface area contributed by atoms with E-state index in [1.165, 1.54) is 0 Å². The van der Waals surface area contributed by atoms with Crippen molar-refractivity contribution < 1.29 is 51.0 Å². The third-order valence-electron chi connectivity index (χ3n) is 1.75. The maximum atomic E-state index is 9.31. The van der Waals surface area contributed by atoms with E-state index < -0.39 is 0 Å². The third kappa shape index (κ3) is 88.5. The van der Waals surface area contributed by atoms with Crippen LogP contribution in [0.1, 0.15) is 53.4 Å². The van der Waals surface area contributed by atoms with E-state index in [1.54, 1.807) is 12.6 Å². The molecule has 0 amide bonds. The van der Waals surface area contributed by atoms with Crippen molar-refractivity contribution in [3.63, 3.8) is 0 Å². The average Bonchev–Trinajstić information content (AvgIpc) is 2.54. The van der Waals surface area contributed by atoms with Gasteiger partial charge < -0.3 is 29.3 Å². The number of unbranched alkanes of at least 4 members (excludes halogenated alkanes) is 2. The second-order valence-electron chi connectivity index (χ2n) is 3.72. The van der Waals surface area contributed by atoms with Crippen LogP contribution in [0.15, 0.2) is 0 Å². The summed E-state index contributed by atoms with van der Waals surface area (Å²) in [5, 5.41) is 16.1. The molecule has 0 aliphatic carbocycles. The molecule has 0 aromatic heterocycles. The van der Waals surface area contributed by atoms with Crippen molar-refractivity contribution in [2.24, 2.45) is 0 Å². The van der Waals surface area contributed by atoms with Crippen molar-refractivity contribution in [1.82, 2.24) is 0 Å². The molecule has 0 fully saturated rings. The van der Waals surface area contributed by atoms with E-state index >= 15 is 0 Å². The SMILES string of the molecule is CCCCO.CCCCO.CCOC[C-]=O.CCOC[C-]=O.[Ti+2]. The van der Waals surface area contributed by atoms with Gasteiger partial charge in [-0.1, -0.05) is 26.7 Å². The second-order valence-corrected chi connectivity index (χ2v) is 3.72. The number of aliphatic hydroxyl groups excluding tert-OH is 2. The third-order valence-corrected chi connectivity index (χ3v) is 1.75. The van der Waals surface area contributed by atoms with Gasteiger partial charge in [-0.3, -0.25) is 0 Å². The van der Waals surface area contributed by atoms with Gasteiger partial charge in [0, 0.05) is 26.4 Å². The monoisotopic (exact) mass is 370 g/mol. The van der Waals surface area contributed by atoms with Crippen molar-refractivity contribution in [3.05, 3.63) is 0 Å². The first-order chi connectivity index (χ1) is 10.7. The summed E-state index contributed by atoms with van der Waals surface area (Å²) in [7, 11) is 0. The van der Waals surface area contributed by atoms with Crippen LogP contribution in [0.3, 0.4) is 0 Å². The van der Waals surface area contributed by atoms with Crippen LogP contribution in [0.25, 0.3) is 0 Å². The van der Waals surface area contributed by atoms with E-state index in [4.69, 9.17) is 10.2 Å². The first kappa shape index (κ1) is 34.3. The number of rotatable bonds is 10. The summed E-state index contributed by atoms with van der Waals surface area (Å²) in [6, 6.07) is 0. The van der Waals surface area contributed by atoms with Gasteiger partial charge in [-0.25, -0.2) is 12.6 Å². The minimum Gasteiger partial charge on any atom is -0.540 e. The number of aliphatic hydroxyl groups is 2. The van der Waals surface area contributed by atoms with E-state index in [0.717, 1.165) is 25.7 Å². The second kappa shape index (κ2) is 49.5. The first-order valence-corrected chi connectivity index (χ1v) is 7.73. The van der Waals surface area contributed by atoms with Crippen LogP contribution < -0.4 is 0 Å². The quantitative estimate of drug-likeness (QED) is 0.346. The smallest absolute Gasteiger partial charge is 0.540 e. The number of ether oxygens (including phenoxy) is 2. The minimum atomic E-state index is 0. The van der Waals surface area contributed by atoms with Crippen LogP contribution in [0.4, 0.5) is 0 Å². The molecule has 0 saturated carbocycles. The Morgan fingerprint density at radius 1 is 0.739 bits per heavy atom. The standard InChI is InChI=1S/2C4H7O2.2C4H10O.Ti/c2*1-2-6-4-3-5;2*1-2-3-4-5;/h2*2,4H2,1H3;2*5H,2-4H2,1H3;/q2*-1;;;+2. The largest absolute Gasteiger partial charge is 2.00 e. The van der Waals surface area contributed by atoms with Crippen molar-refractivity contribution >= 4 is 12.6 Å². The van der Waals surface area contributed by atoms with Gasteiger partial charge >= 0.3 is 21.7 Å². The predicted octanol–water partition coefficient (Wildman–Crippen LogP) is 1.82. The number of hydrogen-bond donors (Lipinski definition) is 2. The number of carbonyl (C=O) groups excluding carboxylic acids is 2. The van der Waals surface area contributed by atoms with Crippen LogP contribution in [0.5, 0.6) is 0 Å². The average molecular weight is 370 g/mol. The van der Waals surface area contributed by atoms with E-state index in [1.807, 2.05) is 13.8 Å². The molecule has 0 unspecified atom stereocenters. The Hall–Kier alpha value is -0.106. The summed E-state index contributed by atoms with van der Waals surface area (Å²) in [5.74, 6) is 0. The molecule has 0 radical (unpaired) electrons. The summed E-state index contributed by atoms with van der Waals surface area (Å²) in [6.07, 6.45) is 7.27. The Labute approximate surface area is 156 Å². The van der Waals surface area contributed by atoms with Crippen LogP contribution in [-0.2, 0) is 40.8 Å². The molecule has 0 spiro atoms. The van der Waals surface area contributed by atoms with Gasteiger partial charge in [-0.2, -0.15) is 0 Å². The topological polar surface area (TPSA) is 93.1 Å². The Balaban J connectivity index is -0.0000000620. The molecule has 0 aliphatic heterocycles. The van der Waals surface area contributed by atoms with Gasteiger partial charge in [0.05, 0.1) is 0 Å². The Morgan fingerprint density at radius 2 is 1.04 bits per heavy atom. The summed E-state index contributed by atoms with van der Waals surface area (Å²) in [6.45, 7) is 9.85. The van der Waals surface area contributed by atoms with E-state index in [-0.39, 0.29) is 34.9 Å². The predicted molar refractivity (Wildman–Crippen MR) is 88.4 cm³/mol. The molecule has 0 aromatic carbocycles. The van der Waals surface area contributed by atoms with Gasteiger partial charge in [0.15, 0.2) is 0 Å². The maximum absolute atomic E-state index is 9.31. The molecule has 0 bridgehead atoms. The van der Waals surface area contributed by atoms with E-state index in [9.17, 15) is 9.59 Å². The molecule has 0 atom stereocenters. The molecule has 0 heterocycles. The zero-order valence-corrected chi connectivity index (χ0v) is 16.7.